The number of anilines is 2. The average molecular weight is 297 g/mol. The Bertz CT molecular complexity index is 659. The van der Waals surface area contributed by atoms with Gasteiger partial charge < -0.3 is 15.8 Å². The zero-order valence-electron chi connectivity index (χ0n) is 10.5. The Labute approximate surface area is 117 Å². The third kappa shape index (κ3) is 4.37. The standard InChI is InChI=1S/C13H10F3N3O2/c14-13(15,16)21-10-3-1-2-9(7-10)19-12(20)11-6-8(17)4-5-18-11/h1-7H,(H2,17,18)(H,19,20). The first-order valence-corrected chi connectivity index (χ1v) is 5.72. The summed E-state index contributed by atoms with van der Waals surface area (Å²) < 4.78 is 40.1. The van der Waals surface area contributed by atoms with Crippen LogP contribution in [0.3, 0.4) is 0 Å². The second-order valence-electron chi connectivity index (χ2n) is 4.00. The SMILES string of the molecule is Nc1ccnc(C(=O)Nc2cccc(OC(F)(F)F)c2)c1. The normalized spacial score (nSPS) is 11.0. The van der Waals surface area contributed by atoms with Gasteiger partial charge in [-0.25, -0.2) is 0 Å². The highest BCUT2D eigenvalue weighted by molar-refractivity contribution is 6.03. The van der Waals surface area contributed by atoms with E-state index in [9.17, 15) is 18.0 Å². The lowest BCUT2D eigenvalue weighted by atomic mass is 10.2. The number of carbonyl (C=O) groups excluding carboxylic acids is 1. The van der Waals surface area contributed by atoms with E-state index < -0.39 is 18.0 Å². The number of alkyl halides is 3. The first-order valence-electron chi connectivity index (χ1n) is 5.72. The lowest BCUT2D eigenvalue weighted by molar-refractivity contribution is -0.274. The quantitative estimate of drug-likeness (QED) is 0.913. The van der Waals surface area contributed by atoms with Crippen LogP contribution in [0.5, 0.6) is 5.75 Å². The molecule has 0 bridgehead atoms. The molecular formula is C13H10F3N3O2. The minimum Gasteiger partial charge on any atom is -0.406 e. The topological polar surface area (TPSA) is 77.2 Å². The number of nitrogens with zero attached hydrogens (tertiary/aromatic N) is 1. The van der Waals surface area contributed by atoms with Crippen molar-refractivity contribution in [2.45, 2.75) is 6.36 Å². The number of benzene rings is 1. The van der Waals surface area contributed by atoms with Gasteiger partial charge in [0.25, 0.3) is 5.91 Å². The maximum absolute atomic E-state index is 12.1. The summed E-state index contributed by atoms with van der Waals surface area (Å²) in [6, 6.07) is 7.79. The van der Waals surface area contributed by atoms with Gasteiger partial charge in [-0.1, -0.05) is 6.07 Å². The van der Waals surface area contributed by atoms with Gasteiger partial charge in [-0.3, -0.25) is 9.78 Å². The molecule has 0 saturated heterocycles. The largest absolute Gasteiger partial charge is 0.573 e. The van der Waals surface area contributed by atoms with Crippen LogP contribution >= 0.6 is 0 Å². The molecule has 2 rings (SSSR count). The summed E-state index contributed by atoms with van der Waals surface area (Å²) in [4.78, 5) is 15.7. The van der Waals surface area contributed by atoms with Crippen LogP contribution in [-0.4, -0.2) is 17.3 Å². The van der Waals surface area contributed by atoms with Crippen molar-refractivity contribution in [3.8, 4) is 5.75 Å². The van der Waals surface area contributed by atoms with Gasteiger partial charge >= 0.3 is 6.36 Å². The van der Waals surface area contributed by atoms with Gasteiger partial charge in [0.2, 0.25) is 0 Å². The summed E-state index contributed by atoms with van der Waals surface area (Å²) in [6.45, 7) is 0. The molecule has 5 nitrogen and oxygen atoms in total. The van der Waals surface area contributed by atoms with Crippen molar-refractivity contribution in [2.24, 2.45) is 0 Å². The van der Waals surface area contributed by atoms with E-state index in [2.05, 4.69) is 15.0 Å². The number of hydrogen-bond acceptors (Lipinski definition) is 4. The molecule has 0 saturated carbocycles. The minimum absolute atomic E-state index is 0.0529. The maximum atomic E-state index is 12.1. The summed E-state index contributed by atoms with van der Waals surface area (Å²) in [5.74, 6) is -1.02. The number of ether oxygens (including phenoxy) is 1. The number of halogens is 3. The summed E-state index contributed by atoms with van der Waals surface area (Å²) in [6.07, 6.45) is -3.44. The number of nitrogen functional groups attached to an aromatic ring is 1. The molecule has 21 heavy (non-hydrogen) atoms. The zero-order valence-corrected chi connectivity index (χ0v) is 10.5. The number of nitrogens with two attached hydrogens (primary N) is 1. The lowest BCUT2D eigenvalue weighted by Crippen LogP contribution is -2.17. The summed E-state index contributed by atoms with van der Waals surface area (Å²) in [5, 5.41) is 2.41. The molecule has 110 valence electrons. The Morgan fingerprint density at radius 1 is 1.24 bits per heavy atom. The van der Waals surface area contributed by atoms with Crippen LogP contribution in [-0.2, 0) is 0 Å². The van der Waals surface area contributed by atoms with Crippen molar-refractivity contribution in [1.82, 2.24) is 4.98 Å². The highest BCUT2D eigenvalue weighted by Gasteiger charge is 2.31. The molecule has 2 aromatic rings. The second-order valence-corrected chi connectivity index (χ2v) is 4.00. The zero-order chi connectivity index (χ0) is 15.5. The van der Waals surface area contributed by atoms with Crippen molar-refractivity contribution in [3.63, 3.8) is 0 Å². The molecule has 0 unspecified atom stereocenters. The van der Waals surface area contributed by atoms with E-state index in [1.807, 2.05) is 0 Å². The predicted octanol–water partition coefficient (Wildman–Crippen LogP) is 2.81. The van der Waals surface area contributed by atoms with Crippen LogP contribution in [0.15, 0.2) is 42.6 Å². The van der Waals surface area contributed by atoms with Crippen molar-refractivity contribution in [3.05, 3.63) is 48.3 Å². The average Bonchev–Trinajstić information content (AvgIpc) is 2.37. The number of pyridine rings is 1. The molecule has 1 heterocycles. The Morgan fingerprint density at radius 2 is 2.00 bits per heavy atom. The van der Waals surface area contributed by atoms with E-state index in [-0.39, 0.29) is 11.4 Å². The van der Waals surface area contributed by atoms with Gasteiger partial charge in [0.1, 0.15) is 11.4 Å². The molecule has 1 amide bonds. The molecule has 0 aliphatic heterocycles. The number of hydrogen-bond donors (Lipinski definition) is 2. The molecule has 0 radical (unpaired) electrons. The number of aromatic nitrogens is 1. The molecular weight excluding hydrogens is 287 g/mol. The Balaban J connectivity index is 2.13. The van der Waals surface area contributed by atoms with E-state index in [4.69, 9.17) is 5.73 Å². The first-order chi connectivity index (χ1) is 9.83. The van der Waals surface area contributed by atoms with E-state index in [1.54, 1.807) is 0 Å². The first kappa shape index (κ1) is 14.6. The van der Waals surface area contributed by atoms with E-state index in [1.165, 1.54) is 30.5 Å². The number of carbonyl (C=O) groups is 1. The van der Waals surface area contributed by atoms with Crippen LogP contribution < -0.4 is 15.8 Å². The Hall–Kier alpha value is -2.77. The lowest BCUT2D eigenvalue weighted by Gasteiger charge is -2.10. The molecule has 3 N–H and O–H groups in total. The fraction of sp³-hybridized carbons (Fsp3) is 0.0769. The van der Waals surface area contributed by atoms with Crippen LogP contribution in [0, 0.1) is 0 Å². The van der Waals surface area contributed by atoms with Crippen molar-refractivity contribution >= 4 is 17.3 Å². The van der Waals surface area contributed by atoms with Gasteiger partial charge in [0, 0.05) is 23.6 Å². The van der Waals surface area contributed by atoms with E-state index >= 15 is 0 Å². The summed E-state index contributed by atoms with van der Waals surface area (Å²) in [7, 11) is 0. The summed E-state index contributed by atoms with van der Waals surface area (Å²) in [5.41, 5.74) is 6.07. The summed E-state index contributed by atoms with van der Waals surface area (Å²) >= 11 is 0. The molecule has 8 heteroatoms. The van der Waals surface area contributed by atoms with Gasteiger partial charge in [-0.15, -0.1) is 13.2 Å². The smallest absolute Gasteiger partial charge is 0.406 e. The van der Waals surface area contributed by atoms with Crippen LogP contribution in [0.25, 0.3) is 0 Å². The van der Waals surface area contributed by atoms with E-state index in [0.717, 1.165) is 12.1 Å². The molecule has 0 fully saturated rings. The second kappa shape index (κ2) is 5.70. The fourth-order valence-electron chi connectivity index (χ4n) is 1.54. The van der Waals surface area contributed by atoms with Gasteiger partial charge in [-0.05, 0) is 24.3 Å². The monoisotopic (exact) mass is 297 g/mol. The minimum atomic E-state index is -4.79. The number of rotatable bonds is 3. The predicted molar refractivity (Wildman–Crippen MR) is 69.7 cm³/mol. The van der Waals surface area contributed by atoms with Crippen LogP contribution in [0.4, 0.5) is 24.5 Å². The Morgan fingerprint density at radius 3 is 2.67 bits per heavy atom. The van der Waals surface area contributed by atoms with Crippen molar-refractivity contribution in [1.29, 1.82) is 0 Å². The van der Waals surface area contributed by atoms with Crippen LogP contribution in [0.1, 0.15) is 10.5 Å². The number of nitrogens with one attached hydrogen (secondary N) is 1. The third-order valence-corrected chi connectivity index (χ3v) is 2.34. The number of amides is 1. The molecule has 0 aliphatic rings. The highest BCUT2D eigenvalue weighted by Crippen LogP contribution is 2.25. The van der Waals surface area contributed by atoms with E-state index in [0.29, 0.717) is 5.69 Å². The van der Waals surface area contributed by atoms with Gasteiger partial charge in [0.15, 0.2) is 0 Å². The fourth-order valence-corrected chi connectivity index (χ4v) is 1.54. The molecule has 0 spiro atoms. The molecule has 0 aliphatic carbocycles. The third-order valence-electron chi connectivity index (χ3n) is 2.34. The highest BCUT2D eigenvalue weighted by atomic mass is 19.4. The van der Waals surface area contributed by atoms with Crippen LogP contribution in [0.2, 0.25) is 0 Å². The molecule has 0 atom stereocenters. The Kier molecular flexibility index (Phi) is 3.97. The van der Waals surface area contributed by atoms with Crippen molar-refractivity contribution < 1.29 is 22.7 Å². The maximum Gasteiger partial charge on any atom is 0.573 e. The van der Waals surface area contributed by atoms with Gasteiger partial charge in [0.05, 0.1) is 0 Å². The molecule has 1 aromatic heterocycles. The van der Waals surface area contributed by atoms with Crippen molar-refractivity contribution in [2.75, 3.05) is 11.1 Å². The van der Waals surface area contributed by atoms with Gasteiger partial charge in [-0.2, -0.15) is 0 Å². The molecule has 1 aromatic carbocycles.